The van der Waals surface area contributed by atoms with Gasteiger partial charge in [-0.25, -0.2) is 23.0 Å². The average Bonchev–Trinajstić information content (AvgIpc) is 4.04. The van der Waals surface area contributed by atoms with Gasteiger partial charge in [0.05, 0.1) is 16.8 Å². The number of benzene rings is 3. The number of nitrogens with two attached hydrogens (primary N) is 1. The van der Waals surface area contributed by atoms with Crippen LogP contribution in [0.25, 0.3) is 10.8 Å². The van der Waals surface area contributed by atoms with E-state index in [1.54, 1.807) is 85.0 Å². The highest BCUT2D eigenvalue weighted by molar-refractivity contribution is 7.92. The molecule has 0 spiro atoms. The number of rotatable bonds is 11. The maximum atomic E-state index is 14.6. The fraction of sp³-hybridized carbons (Fsp3) is 0.429. The summed E-state index contributed by atoms with van der Waals surface area (Å²) in [6, 6.07) is 18.2. The fourth-order valence-corrected chi connectivity index (χ4v) is 8.46. The molecule has 0 bridgehead atoms. The molecule has 1 aromatic heterocycles. The zero-order chi connectivity index (χ0) is 40.8. The van der Waals surface area contributed by atoms with Crippen LogP contribution in [0.5, 0.6) is 0 Å². The van der Waals surface area contributed by atoms with Gasteiger partial charge in [-0.15, -0.1) is 0 Å². The van der Waals surface area contributed by atoms with Crippen LogP contribution in [0.4, 0.5) is 26.8 Å². The summed E-state index contributed by atoms with van der Waals surface area (Å²) in [5.74, 6) is -0.333. The number of aliphatic hydroxyl groups is 1. The van der Waals surface area contributed by atoms with Crippen LogP contribution in [0.1, 0.15) is 90.0 Å². The normalized spacial score (nSPS) is 15.8. The van der Waals surface area contributed by atoms with Crippen molar-refractivity contribution in [3.8, 4) is 0 Å². The maximum absolute atomic E-state index is 14.6. The molecule has 2 fully saturated rings. The summed E-state index contributed by atoms with van der Waals surface area (Å²) < 4.78 is 37.9. The predicted molar refractivity (Wildman–Crippen MR) is 215 cm³/mol. The van der Waals surface area contributed by atoms with E-state index in [2.05, 4.69) is 10.3 Å². The number of nitrogens with zero attached hydrogens (tertiary/aromatic N) is 3. The summed E-state index contributed by atoms with van der Waals surface area (Å²) in [7, 11) is -1.96. The molecule has 298 valence electrons. The Kier molecular flexibility index (Phi) is 10.9. The van der Waals surface area contributed by atoms with Crippen LogP contribution in [-0.4, -0.2) is 71.6 Å². The number of pyridine rings is 1. The van der Waals surface area contributed by atoms with E-state index in [1.165, 1.54) is 17.2 Å². The Morgan fingerprint density at radius 1 is 0.946 bits per heavy atom. The van der Waals surface area contributed by atoms with Gasteiger partial charge in [0.2, 0.25) is 5.91 Å². The van der Waals surface area contributed by atoms with E-state index in [-0.39, 0.29) is 35.2 Å². The minimum absolute atomic E-state index is 0.00966. The van der Waals surface area contributed by atoms with E-state index in [9.17, 15) is 27.9 Å². The third-order valence-electron chi connectivity index (χ3n) is 9.79. The van der Waals surface area contributed by atoms with Crippen molar-refractivity contribution in [2.75, 3.05) is 29.6 Å². The summed E-state index contributed by atoms with van der Waals surface area (Å²) in [6.45, 7) is 10.1. The molecule has 4 N–H and O–H groups in total. The van der Waals surface area contributed by atoms with E-state index < -0.39 is 44.5 Å². The van der Waals surface area contributed by atoms with Crippen molar-refractivity contribution in [3.05, 3.63) is 89.6 Å². The number of aliphatic hydroxyl groups excluding tert-OH is 1. The monoisotopic (exact) mass is 785 g/mol. The number of nitrogens with one attached hydrogen (secondary N) is 1. The topological polar surface area (TPSA) is 181 Å². The van der Waals surface area contributed by atoms with E-state index in [0.717, 1.165) is 23.3 Å². The number of sulfone groups is 1. The first-order chi connectivity index (χ1) is 26.2. The molecule has 4 aromatic rings. The van der Waals surface area contributed by atoms with E-state index in [1.807, 2.05) is 24.3 Å². The molecule has 2 aliphatic rings. The summed E-state index contributed by atoms with van der Waals surface area (Å²) >= 11 is 0. The van der Waals surface area contributed by atoms with Gasteiger partial charge in [0, 0.05) is 42.0 Å². The van der Waals surface area contributed by atoms with Crippen molar-refractivity contribution in [2.24, 2.45) is 0 Å². The molecule has 0 saturated heterocycles. The van der Waals surface area contributed by atoms with Gasteiger partial charge in [-0.2, -0.15) is 4.90 Å². The number of hydrogen-bond donors (Lipinski definition) is 3. The van der Waals surface area contributed by atoms with Crippen LogP contribution in [0.2, 0.25) is 0 Å². The highest BCUT2D eigenvalue weighted by atomic mass is 32.2. The number of carbonyl (C=O) groups excluding carboxylic acids is 3. The van der Waals surface area contributed by atoms with Crippen molar-refractivity contribution in [1.29, 1.82) is 0 Å². The Morgan fingerprint density at radius 3 is 2.20 bits per heavy atom. The number of likely N-dealkylation sites (N-methyl/N-ethyl adjacent to an activating group) is 1. The minimum atomic E-state index is -3.58. The zero-order valence-electron chi connectivity index (χ0n) is 33.0. The smallest absolute Gasteiger partial charge is 0.425 e. The first-order valence-corrected chi connectivity index (χ1v) is 20.3. The Bertz CT molecular complexity index is 2240. The van der Waals surface area contributed by atoms with Crippen molar-refractivity contribution >= 4 is 55.9 Å². The number of carbonyl (C=O) groups is 3. The highest BCUT2D eigenvalue weighted by Crippen LogP contribution is 2.48. The molecule has 1 unspecified atom stereocenters. The summed E-state index contributed by atoms with van der Waals surface area (Å²) in [5, 5.41) is 14.2. The minimum Gasteiger partial charge on any atom is -0.443 e. The SMILES string of the molecule is CN(Cc1cc(N)ccc1S(=O)(=O)C1CC1)C(=O)C(Nc1ccc2c(N(C(=O)OC(C)(C)C)C(=O)OC(C)(C)C)nccc2c1)c1cccc(C2(CO)CC2)c1. The number of imide groups is 1. The molecule has 3 aromatic carbocycles. The molecule has 6 rings (SSSR count). The second-order valence-corrected chi connectivity index (χ2v) is 19.0. The summed E-state index contributed by atoms with van der Waals surface area (Å²) in [5.41, 5.74) is 6.86. The first-order valence-electron chi connectivity index (χ1n) is 18.7. The second kappa shape index (κ2) is 15.0. The van der Waals surface area contributed by atoms with Gasteiger partial charge in [0.25, 0.3) is 0 Å². The highest BCUT2D eigenvalue weighted by Gasteiger charge is 2.44. The van der Waals surface area contributed by atoms with Gasteiger partial charge >= 0.3 is 12.2 Å². The van der Waals surface area contributed by atoms with Crippen molar-refractivity contribution in [2.45, 2.75) is 107 Å². The number of ether oxygens (including phenoxy) is 2. The van der Waals surface area contributed by atoms with Crippen molar-refractivity contribution in [1.82, 2.24) is 9.88 Å². The quantitative estimate of drug-likeness (QED) is 0.130. The molecule has 56 heavy (non-hydrogen) atoms. The third kappa shape index (κ3) is 8.92. The molecule has 13 nitrogen and oxygen atoms in total. The predicted octanol–water partition coefficient (Wildman–Crippen LogP) is 7.27. The van der Waals surface area contributed by atoms with Crippen LogP contribution >= 0.6 is 0 Å². The van der Waals surface area contributed by atoms with Crippen molar-refractivity contribution in [3.63, 3.8) is 0 Å². The first kappa shape index (κ1) is 40.5. The van der Waals surface area contributed by atoms with Gasteiger partial charge in [-0.1, -0.05) is 24.3 Å². The molecule has 0 radical (unpaired) electrons. The van der Waals surface area contributed by atoms with Gasteiger partial charge in [0.1, 0.15) is 17.2 Å². The number of anilines is 3. The lowest BCUT2D eigenvalue weighted by atomic mass is 9.93. The average molecular weight is 786 g/mol. The van der Waals surface area contributed by atoms with Crippen LogP contribution in [0.15, 0.2) is 77.8 Å². The lowest BCUT2D eigenvalue weighted by Gasteiger charge is -2.29. The summed E-state index contributed by atoms with van der Waals surface area (Å²) in [4.78, 5) is 48.4. The third-order valence-corrected chi connectivity index (χ3v) is 12.2. The Balaban J connectivity index is 1.37. The van der Waals surface area contributed by atoms with E-state index in [0.29, 0.717) is 46.1 Å². The maximum Gasteiger partial charge on any atom is 0.425 e. The van der Waals surface area contributed by atoms with Crippen molar-refractivity contribution < 1.29 is 37.4 Å². The zero-order valence-corrected chi connectivity index (χ0v) is 33.8. The number of aromatic nitrogens is 1. The number of hydrogen-bond acceptors (Lipinski definition) is 11. The van der Waals surface area contributed by atoms with Gasteiger partial charge in [-0.3, -0.25) is 4.79 Å². The molecular weight excluding hydrogens is 735 g/mol. The van der Waals surface area contributed by atoms with Crippen LogP contribution in [-0.2, 0) is 36.1 Å². The Hall–Kier alpha value is -5.21. The Labute approximate surface area is 328 Å². The molecule has 1 heterocycles. The molecule has 2 aliphatic carbocycles. The van der Waals surface area contributed by atoms with E-state index >= 15 is 0 Å². The van der Waals surface area contributed by atoms with E-state index in [4.69, 9.17) is 15.2 Å². The lowest BCUT2D eigenvalue weighted by molar-refractivity contribution is -0.131. The molecule has 2 saturated carbocycles. The summed E-state index contributed by atoms with van der Waals surface area (Å²) in [6.07, 6.45) is 2.42. The fourth-order valence-electron chi connectivity index (χ4n) is 6.60. The number of amides is 3. The number of nitrogen functional groups attached to an aromatic ring is 1. The van der Waals surface area contributed by atoms with Crippen LogP contribution in [0, 0.1) is 0 Å². The molecule has 1 atom stereocenters. The Morgan fingerprint density at radius 2 is 1.61 bits per heavy atom. The largest absolute Gasteiger partial charge is 0.443 e. The number of fused-ring (bicyclic) bond motifs is 1. The molecular formula is C42H51N5O8S. The van der Waals surface area contributed by atoms with Crippen LogP contribution in [0.3, 0.4) is 0 Å². The second-order valence-electron chi connectivity index (χ2n) is 16.8. The molecule has 3 amide bonds. The van der Waals surface area contributed by atoms with Crippen LogP contribution < -0.4 is 16.0 Å². The molecule has 14 heteroatoms. The standard InChI is InChI=1S/C42H51N5O8S/c1-40(2,3)54-38(50)47(39(51)55-41(4,5)6)36-33-15-12-31(23-26(33)17-20-44-36)45-35(27-9-8-10-29(21-27)42(25-48)18-19-42)37(49)46(7)24-28-22-30(43)11-16-34(28)56(52,53)32-13-14-32/h8-12,15-17,20-23,32,35,45,48H,13-14,18-19,24-25,43H2,1-7H3. The van der Waals surface area contributed by atoms with Gasteiger partial charge in [-0.05, 0) is 132 Å². The lowest BCUT2D eigenvalue weighted by Crippen LogP contribution is -2.44. The molecule has 0 aliphatic heterocycles. The van der Waals surface area contributed by atoms with Gasteiger partial charge in [0.15, 0.2) is 15.7 Å². The van der Waals surface area contributed by atoms with Gasteiger partial charge < -0.3 is 30.5 Å².